The van der Waals surface area contributed by atoms with Crippen LogP contribution in [0.3, 0.4) is 0 Å². The summed E-state index contributed by atoms with van der Waals surface area (Å²) in [5, 5.41) is 19.1. The molecule has 1 aromatic carbocycles. The van der Waals surface area contributed by atoms with E-state index < -0.39 is 5.91 Å². The van der Waals surface area contributed by atoms with Crippen LogP contribution in [0.1, 0.15) is 26.3 Å². The Morgan fingerprint density at radius 2 is 1.85 bits per heavy atom. The average molecular weight is 368 g/mol. The number of nitrogens with zero attached hydrogens (tertiary/aromatic N) is 4. The molecule has 0 aliphatic carbocycles. The molecule has 2 N–H and O–H groups in total. The number of H-pyrrole nitrogens is 1. The lowest BCUT2D eigenvalue weighted by Gasteiger charge is -2.26. The Kier molecular flexibility index (Phi) is 5.38. The highest BCUT2D eigenvalue weighted by Gasteiger charge is 2.22. The molecule has 140 valence electrons. The van der Waals surface area contributed by atoms with Gasteiger partial charge in [-0.05, 0) is 24.3 Å². The zero-order valence-corrected chi connectivity index (χ0v) is 15.2. The molecule has 1 aromatic heterocycles. The van der Waals surface area contributed by atoms with Crippen LogP contribution in [0.4, 0.5) is 11.6 Å². The molecule has 3 rings (SSSR count). The van der Waals surface area contributed by atoms with Gasteiger partial charge in [0.15, 0.2) is 5.82 Å². The number of aromatic nitrogens is 2. The first-order chi connectivity index (χ1) is 13.0. The van der Waals surface area contributed by atoms with Gasteiger partial charge in [0.05, 0.1) is 13.2 Å². The van der Waals surface area contributed by atoms with Gasteiger partial charge in [0.1, 0.15) is 17.5 Å². The van der Waals surface area contributed by atoms with E-state index in [-0.39, 0.29) is 17.3 Å². The molecule has 0 bridgehead atoms. The van der Waals surface area contributed by atoms with Gasteiger partial charge in [0.2, 0.25) is 0 Å². The Morgan fingerprint density at radius 1 is 1.22 bits per heavy atom. The third-order valence-corrected chi connectivity index (χ3v) is 4.21. The van der Waals surface area contributed by atoms with Crippen molar-refractivity contribution in [2.75, 3.05) is 50.6 Å². The van der Waals surface area contributed by atoms with Crippen molar-refractivity contribution in [1.29, 1.82) is 5.26 Å². The topological polar surface area (TPSA) is 114 Å². The van der Waals surface area contributed by atoms with Gasteiger partial charge in [0, 0.05) is 38.3 Å². The van der Waals surface area contributed by atoms with Crippen LogP contribution in [0.2, 0.25) is 0 Å². The molecule has 1 aliphatic rings. The fraction of sp³-hybridized carbons (Fsp3) is 0.333. The second kappa shape index (κ2) is 7.88. The second-order valence-electron chi connectivity index (χ2n) is 6.24. The molecule has 1 fully saturated rings. The SMILES string of the molecule is CN(C)C(=O)c1ccc(C(=O)Nc2[nH]nc(N3CCOCC3)c2C#N)cc1. The summed E-state index contributed by atoms with van der Waals surface area (Å²) in [6, 6.07) is 8.41. The van der Waals surface area contributed by atoms with Crippen molar-refractivity contribution in [3.8, 4) is 6.07 Å². The van der Waals surface area contributed by atoms with E-state index >= 15 is 0 Å². The van der Waals surface area contributed by atoms with Crippen molar-refractivity contribution >= 4 is 23.5 Å². The number of nitriles is 1. The number of aromatic amines is 1. The first-order valence-electron chi connectivity index (χ1n) is 8.45. The van der Waals surface area contributed by atoms with Crippen molar-refractivity contribution in [2.24, 2.45) is 0 Å². The molecular formula is C18H20N6O3. The van der Waals surface area contributed by atoms with Gasteiger partial charge < -0.3 is 19.9 Å². The number of hydrogen-bond acceptors (Lipinski definition) is 6. The van der Waals surface area contributed by atoms with Crippen molar-refractivity contribution in [1.82, 2.24) is 15.1 Å². The van der Waals surface area contributed by atoms with Gasteiger partial charge in [-0.3, -0.25) is 14.7 Å². The van der Waals surface area contributed by atoms with Crippen LogP contribution < -0.4 is 10.2 Å². The maximum Gasteiger partial charge on any atom is 0.256 e. The van der Waals surface area contributed by atoms with Gasteiger partial charge in [-0.2, -0.15) is 10.4 Å². The predicted octanol–water partition coefficient (Wildman–Crippen LogP) is 1.07. The standard InChI is InChI=1S/C18H20N6O3/c1-23(2)18(26)13-5-3-12(4-6-13)17(25)20-15-14(11-19)16(22-21-15)24-7-9-27-10-8-24/h3-6H,7-10H2,1-2H3,(H2,20,21,22,25). The van der Waals surface area contributed by atoms with E-state index in [0.717, 1.165) is 0 Å². The van der Waals surface area contributed by atoms with Crippen LogP contribution in [0.5, 0.6) is 0 Å². The first kappa shape index (κ1) is 18.4. The number of hydrogen-bond donors (Lipinski definition) is 2. The van der Waals surface area contributed by atoms with Crippen LogP contribution >= 0.6 is 0 Å². The summed E-state index contributed by atoms with van der Waals surface area (Å²) in [6.07, 6.45) is 0. The molecule has 2 heterocycles. The maximum atomic E-state index is 12.5. The van der Waals surface area contributed by atoms with E-state index in [4.69, 9.17) is 4.74 Å². The molecule has 0 spiro atoms. The number of rotatable bonds is 4. The summed E-state index contributed by atoms with van der Waals surface area (Å²) >= 11 is 0. The number of amides is 2. The Hall–Kier alpha value is -3.38. The molecule has 2 amide bonds. The maximum absolute atomic E-state index is 12.5. The summed E-state index contributed by atoms with van der Waals surface area (Å²) in [5.41, 5.74) is 1.15. The fourth-order valence-corrected chi connectivity index (χ4v) is 2.74. The highest BCUT2D eigenvalue weighted by Crippen LogP contribution is 2.25. The van der Waals surface area contributed by atoms with Crippen LogP contribution in [-0.4, -0.2) is 67.3 Å². The molecule has 0 saturated carbocycles. The molecule has 27 heavy (non-hydrogen) atoms. The van der Waals surface area contributed by atoms with E-state index in [1.807, 2.05) is 4.90 Å². The average Bonchev–Trinajstić information content (AvgIpc) is 3.10. The lowest BCUT2D eigenvalue weighted by Crippen LogP contribution is -2.36. The Labute approximate surface area is 156 Å². The van der Waals surface area contributed by atoms with Gasteiger partial charge in [-0.1, -0.05) is 0 Å². The van der Waals surface area contributed by atoms with Gasteiger partial charge in [0.25, 0.3) is 11.8 Å². The number of ether oxygens (including phenoxy) is 1. The minimum absolute atomic E-state index is 0.141. The molecule has 1 aliphatic heterocycles. The van der Waals surface area contributed by atoms with Crippen LogP contribution in [0, 0.1) is 11.3 Å². The highest BCUT2D eigenvalue weighted by molar-refractivity contribution is 6.05. The summed E-state index contributed by atoms with van der Waals surface area (Å²) in [7, 11) is 3.33. The van der Waals surface area contributed by atoms with E-state index in [1.165, 1.54) is 4.90 Å². The molecule has 0 radical (unpaired) electrons. The van der Waals surface area contributed by atoms with Crippen LogP contribution in [0.15, 0.2) is 24.3 Å². The second-order valence-corrected chi connectivity index (χ2v) is 6.24. The quantitative estimate of drug-likeness (QED) is 0.834. The Balaban J connectivity index is 1.75. The number of nitrogens with one attached hydrogen (secondary N) is 2. The largest absolute Gasteiger partial charge is 0.378 e. The third-order valence-electron chi connectivity index (χ3n) is 4.21. The first-order valence-corrected chi connectivity index (χ1v) is 8.45. The minimum atomic E-state index is -0.396. The molecule has 2 aromatic rings. The molecule has 9 heteroatoms. The number of carbonyl (C=O) groups is 2. The summed E-state index contributed by atoms with van der Waals surface area (Å²) in [5.74, 6) is 0.213. The van der Waals surface area contributed by atoms with Gasteiger partial charge >= 0.3 is 0 Å². The number of benzene rings is 1. The Bertz CT molecular complexity index is 875. The number of carbonyl (C=O) groups excluding carboxylic acids is 2. The summed E-state index contributed by atoms with van der Waals surface area (Å²) in [6.45, 7) is 2.40. The zero-order chi connectivity index (χ0) is 19.4. The summed E-state index contributed by atoms with van der Waals surface area (Å²) in [4.78, 5) is 27.8. The normalized spacial score (nSPS) is 13.7. The number of morpholine rings is 1. The molecule has 0 atom stereocenters. The van der Waals surface area contributed by atoms with Crippen LogP contribution in [0.25, 0.3) is 0 Å². The third kappa shape index (κ3) is 3.91. The van der Waals surface area contributed by atoms with Crippen molar-refractivity contribution in [2.45, 2.75) is 0 Å². The number of anilines is 2. The van der Waals surface area contributed by atoms with Crippen molar-refractivity contribution in [3.63, 3.8) is 0 Å². The molecule has 0 unspecified atom stereocenters. The van der Waals surface area contributed by atoms with Crippen molar-refractivity contribution < 1.29 is 14.3 Å². The fourth-order valence-electron chi connectivity index (χ4n) is 2.74. The monoisotopic (exact) mass is 368 g/mol. The lowest BCUT2D eigenvalue weighted by atomic mass is 10.1. The molecular weight excluding hydrogens is 348 g/mol. The smallest absolute Gasteiger partial charge is 0.256 e. The van der Waals surface area contributed by atoms with E-state index in [9.17, 15) is 14.9 Å². The lowest BCUT2D eigenvalue weighted by molar-refractivity contribution is 0.0827. The van der Waals surface area contributed by atoms with E-state index in [0.29, 0.717) is 43.2 Å². The van der Waals surface area contributed by atoms with Gasteiger partial charge in [-0.15, -0.1) is 0 Å². The summed E-state index contributed by atoms with van der Waals surface area (Å²) < 4.78 is 5.31. The molecule has 1 saturated heterocycles. The highest BCUT2D eigenvalue weighted by atomic mass is 16.5. The Morgan fingerprint density at radius 3 is 2.44 bits per heavy atom. The molecule has 9 nitrogen and oxygen atoms in total. The zero-order valence-electron chi connectivity index (χ0n) is 15.2. The van der Waals surface area contributed by atoms with Crippen molar-refractivity contribution in [3.05, 3.63) is 41.0 Å². The van der Waals surface area contributed by atoms with Crippen LogP contribution in [-0.2, 0) is 4.74 Å². The van der Waals surface area contributed by atoms with E-state index in [2.05, 4.69) is 21.6 Å². The van der Waals surface area contributed by atoms with Gasteiger partial charge in [-0.25, -0.2) is 0 Å². The minimum Gasteiger partial charge on any atom is -0.378 e. The predicted molar refractivity (Wildman–Crippen MR) is 98.7 cm³/mol. The van der Waals surface area contributed by atoms with E-state index in [1.54, 1.807) is 38.4 Å².